The van der Waals surface area contributed by atoms with Crippen LogP contribution in [0, 0.1) is 0 Å². The molecule has 0 amide bonds. The molecule has 0 aliphatic carbocycles. The van der Waals surface area contributed by atoms with E-state index in [1.54, 1.807) is 0 Å². The van der Waals surface area contributed by atoms with Gasteiger partial charge in [0.15, 0.2) is 0 Å². The predicted octanol–water partition coefficient (Wildman–Crippen LogP) is -0.410. The highest BCUT2D eigenvalue weighted by molar-refractivity contribution is 5.88. The summed E-state index contributed by atoms with van der Waals surface area (Å²) in [7, 11) is 0. The number of hydrogen-bond acceptors (Lipinski definition) is 4. The van der Waals surface area contributed by atoms with Gasteiger partial charge >= 0.3 is 5.97 Å². The molecule has 0 saturated heterocycles. The van der Waals surface area contributed by atoms with Crippen LogP contribution in [-0.4, -0.2) is 12.2 Å². The van der Waals surface area contributed by atoms with E-state index in [2.05, 4.69) is 15.5 Å². The van der Waals surface area contributed by atoms with E-state index in [1.807, 2.05) is 0 Å². The van der Waals surface area contributed by atoms with Gasteiger partial charge in [0.1, 0.15) is 0 Å². The van der Waals surface area contributed by atoms with Crippen molar-refractivity contribution in [3.05, 3.63) is 12.2 Å². The van der Waals surface area contributed by atoms with Crippen LogP contribution in [0.5, 0.6) is 0 Å². The smallest absolute Gasteiger partial charge is 0.322 e. The largest absolute Gasteiger partial charge is 0.357 e. The summed E-state index contributed by atoms with van der Waals surface area (Å²) in [6.45, 7) is 0. The lowest BCUT2D eigenvalue weighted by Gasteiger charge is -1.91. The molecule has 0 aromatic carbocycles. The van der Waals surface area contributed by atoms with E-state index in [-0.39, 0.29) is 0 Å². The fourth-order valence-corrected chi connectivity index (χ4v) is 0.300. The maximum Gasteiger partial charge on any atom is 0.357 e. The van der Waals surface area contributed by atoms with Gasteiger partial charge in [-0.1, -0.05) is 0 Å². The second-order valence-corrected chi connectivity index (χ2v) is 1.15. The van der Waals surface area contributed by atoms with E-state index in [9.17, 15) is 4.79 Å². The van der Waals surface area contributed by atoms with Crippen molar-refractivity contribution >= 4 is 12.2 Å². The molecule has 4 heteroatoms. The Bertz CT molecular complexity index is 150. The second-order valence-electron chi connectivity index (χ2n) is 1.15. The van der Waals surface area contributed by atoms with Crippen LogP contribution >= 0.6 is 0 Å². The van der Waals surface area contributed by atoms with Gasteiger partial charge in [0.2, 0.25) is 0 Å². The lowest BCUT2D eigenvalue weighted by molar-refractivity contribution is -0.144. The molecular formula is C4H4N2O2. The third kappa shape index (κ3) is 1.07. The van der Waals surface area contributed by atoms with E-state index in [0.717, 1.165) is 0 Å². The summed E-state index contributed by atoms with van der Waals surface area (Å²) in [6, 6.07) is 0. The quantitative estimate of drug-likeness (QED) is 0.463. The third-order valence-electron chi connectivity index (χ3n) is 0.592. The van der Waals surface area contributed by atoms with Crippen LogP contribution in [0.2, 0.25) is 0 Å². The fraction of sp³-hybridized carbons (Fsp3) is 0. The first-order chi connectivity index (χ1) is 3.89. The average Bonchev–Trinajstić information content (AvgIpc) is 1.94. The van der Waals surface area contributed by atoms with E-state index in [4.69, 9.17) is 0 Å². The zero-order valence-corrected chi connectivity index (χ0v) is 4.00. The molecular weight excluding hydrogens is 108 g/mol. The van der Waals surface area contributed by atoms with Crippen LogP contribution in [0.15, 0.2) is 17.3 Å². The Morgan fingerprint density at radius 1 is 1.75 bits per heavy atom. The van der Waals surface area contributed by atoms with Crippen molar-refractivity contribution in [3.63, 3.8) is 0 Å². The number of hydrazone groups is 1. The maximum atomic E-state index is 10.2. The first kappa shape index (κ1) is 4.83. The number of carbonyl (C=O) groups excluding carboxylic acids is 1. The number of rotatable bonds is 0. The van der Waals surface area contributed by atoms with Gasteiger partial charge in [-0.2, -0.15) is 5.10 Å². The monoisotopic (exact) mass is 112 g/mol. The lowest BCUT2D eigenvalue weighted by Crippen LogP contribution is -2.09. The average molecular weight is 112 g/mol. The number of nitrogens with one attached hydrogen (secondary N) is 1. The molecule has 1 aliphatic rings. The van der Waals surface area contributed by atoms with Gasteiger partial charge in [-0.3, -0.25) is 0 Å². The summed E-state index contributed by atoms with van der Waals surface area (Å²) in [4.78, 5) is 14.5. The summed E-state index contributed by atoms with van der Waals surface area (Å²) in [5.41, 5.74) is 2.05. The lowest BCUT2D eigenvalue weighted by atomic mass is 10.5. The number of allylic oxidation sites excluding steroid dienone is 1. The summed E-state index contributed by atoms with van der Waals surface area (Å²) < 4.78 is 0. The van der Waals surface area contributed by atoms with Crippen molar-refractivity contribution in [2.24, 2.45) is 5.10 Å². The molecule has 0 unspecified atom stereocenters. The number of nitrogens with zero attached hydrogens (tertiary/aromatic N) is 1. The first-order valence-corrected chi connectivity index (χ1v) is 2.05. The topological polar surface area (TPSA) is 50.7 Å². The molecule has 0 fully saturated rings. The Hall–Kier alpha value is -1.32. The summed E-state index contributed by atoms with van der Waals surface area (Å²) in [5, 5.41) is 3.42. The van der Waals surface area contributed by atoms with Gasteiger partial charge in [-0.25, -0.2) is 4.79 Å². The molecule has 1 aliphatic heterocycles. The van der Waals surface area contributed by atoms with Gasteiger partial charge in [0, 0.05) is 6.08 Å². The number of hydrogen-bond donors (Lipinski definition) is 1. The number of carbonyl (C=O) groups is 1. The molecule has 1 heterocycles. The van der Waals surface area contributed by atoms with Crippen molar-refractivity contribution < 1.29 is 9.63 Å². The van der Waals surface area contributed by atoms with Gasteiger partial charge < -0.3 is 4.84 Å². The molecule has 0 radical (unpaired) electrons. The second kappa shape index (κ2) is 2.11. The SMILES string of the molecule is O=C1C=CC=NNO1. The minimum absolute atomic E-state index is 0.442. The molecule has 0 saturated carbocycles. The van der Waals surface area contributed by atoms with Gasteiger partial charge in [0.25, 0.3) is 0 Å². The molecule has 4 nitrogen and oxygen atoms in total. The first-order valence-electron chi connectivity index (χ1n) is 2.05. The summed E-state index contributed by atoms with van der Waals surface area (Å²) in [5.74, 6) is -0.442. The van der Waals surface area contributed by atoms with Crippen LogP contribution < -0.4 is 5.59 Å². The van der Waals surface area contributed by atoms with Crippen molar-refractivity contribution in [3.8, 4) is 0 Å². The third-order valence-corrected chi connectivity index (χ3v) is 0.592. The van der Waals surface area contributed by atoms with Crippen molar-refractivity contribution in [1.29, 1.82) is 0 Å². The maximum absolute atomic E-state index is 10.2. The Morgan fingerprint density at radius 3 is 3.50 bits per heavy atom. The van der Waals surface area contributed by atoms with E-state index < -0.39 is 5.97 Å². The zero-order chi connectivity index (χ0) is 5.82. The molecule has 0 aromatic rings. The van der Waals surface area contributed by atoms with E-state index in [1.165, 1.54) is 18.4 Å². The van der Waals surface area contributed by atoms with Crippen LogP contribution in [0.3, 0.4) is 0 Å². The molecule has 0 spiro atoms. The zero-order valence-electron chi connectivity index (χ0n) is 4.00. The molecule has 42 valence electrons. The Labute approximate surface area is 45.8 Å². The van der Waals surface area contributed by atoms with Crippen LogP contribution in [0.25, 0.3) is 0 Å². The molecule has 0 atom stereocenters. The van der Waals surface area contributed by atoms with Gasteiger partial charge in [-0.15, -0.1) is 5.59 Å². The highest BCUT2D eigenvalue weighted by Crippen LogP contribution is 1.79. The van der Waals surface area contributed by atoms with Crippen LogP contribution in [0.1, 0.15) is 0 Å². The molecule has 0 aromatic heterocycles. The summed E-state index contributed by atoms with van der Waals surface area (Å²) in [6.07, 6.45) is 4.18. The highest BCUT2D eigenvalue weighted by atomic mass is 16.7. The van der Waals surface area contributed by atoms with Crippen LogP contribution in [0.4, 0.5) is 0 Å². The Kier molecular flexibility index (Phi) is 1.27. The normalized spacial score (nSPS) is 16.8. The fourth-order valence-electron chi connectivity index (χ4n) is 0.300. The molecule has 1 N–H and O–H groups in total. The minimum atomic E-state index is -0.442. The van der Waals surface area contributed by atoms with Gasteiger partial charge in [-0.05, 0) is 6.08 Å². The van der Waals surface area contributed by atoms with E-state index >= 15 is 0 Å². The summed E-state index contributed by atoms with van der Waals surface area (Å²) >= 11 is 0. The minimum Gasteiger partial charge on any atom is -0.322 e. The van der Waals surface area contributed by atoms with Gasteiger partial charge in [0.05, 0.1) is 6.21 Å². The van der Waals surface area contributed by atoms with Crippen molar-refractivity contribution in [2.75, 3.05) is 0 Å². The molecule has 0 bridgehead atoms. The Balaban J connectivity index is 2.58. The van der Waals surface area contributed by atoms with Crippen molar-refractivity contribution in [1.82, 2.24) is 5.59 Å². The molecule has 8 heavy (non-hydrogen) atoms. The van der Waals surface area contributed by atoms with E-state index in [0.29, 0.717) is 0 Å². The molecule has 1 rings (SSSR count). The van der Waals surface area contributed by atoms with Crippen LogP contribution in [-0.2, 0) is 9.63 Å². The Morgan fingerprint density at radius 2 is 2.62 bits per heavy atom. The predicted molar refractivity (Wildman–Crippen MR) is 26.9 cm³/mol. The standard InChI is InChI=1S/C4H4N2O2/c7-4-2-1-3-5-6-8-4/h1-3,6H. The highest BCUT2D eigenvalue weighted by Gasteiger charge is 1.94. The van der Waals surface area contributed by atoms with Crippen molar-refractivity contribution in [2.45, 2.75) is 0 Å².